The lowest BCUT2D eigenvalue weighted by atomic mass is 9.78. The summed E-state index contributed by atoms with van der Waals surface area (Å²) in [7, 11) is 1.56. The number of nitrogens with two attached hydrogens (primary N) is 1. The average Bonchev–Trinajstić information content (AvgIpc) is 2.60. The SMILES string of the molecule is CCC(N)C(c1cc(C(F)(F)F)ccc1-c1ccccc1OC)C(C)C.Cl. The molecule has 0 saturated heterocycles. The summed E-state index contributed by atoms with van der Waals surface area (Å²) in [5.74, 6) is 0.533. The first kappa shape index (κ1) is 23.3. The van der Waals surface area contributed by atoms with Crippen molar-refractivity contribution in [1.82, 2.24) is 0 Å². The van der Waals surface area contributed by atoms with Crippen molar-refractivity contribution in [3.63, 3.8) is 0 Å². The third-order valence-electron chi connectivity index (χ3n) is 4.79. The molecule has 6 heteroatoms. The number of methoxy groups -OCH3 is 1. The molecule has 0 aliphatic rings. The Kier molecular flexibility index (Phi) is 8.18. The molecule has 0 aromatic heterocycles. The predicted octanol–water partition coefficient (Wildman–Crippen LogP) is 6.28. The standard InChI is InChI=1S/C21H26F3NO.ClH/c1-5-18(25)20(13(2)3)17-12-14(21(22,23)24)10-11-15(17)16-8-6-7-9-19(16)26-4;/h6-13,18,20H,5,25H2,1-4H3;1H. The maximum absolute atomic E-state index is 13.3. The molecule has 0 aliphatic carbocycles. The molecule has 2 aromatic rings. The fraction of sp³-hybridized carbons (Fsp3) is 0.429. The van der Waals surface area contributed by atoms with Gasteiger partial charge in [-0.3, -0.25) is 0 Å². The molecule has 0 fully saturated rings. The fourth-order valence-electron chi connectivity index (χ4n) is 3.47. The summed E-state index contributed by atoms with van der Waals surface area (Å²) < 4.78 is 45.4. The van der Waals surface area contributed by atoms with E-state index in [9.17, 15) is 13.2 Å². The van der Waals surface area contributed by atoms with Crippen molar-refractivity contribution >= 4 is 12.4 Å². The van der Waals surface area contributed by atoms with Crippen LogP contribution in [0.4, 0.5) is 13.2 Å². The molecule has 2 nitrogen and oxygen atoms in total. The lowest BCUT2D eigenvalue weighted by Crippen LogP contribution is -2.31. The molecule has 0 amide bonds. The lowest BCUT2D eigenvalue weighted by Gasteiger charge is -2.30. The summed E-state index contributed by atoms with van der Waals surface area (Å²) in [6, 6.07) is 11.0. The van der Waals surface area contributed by atoms with Gasteiger partial charge in [-0.05, 0) is 41.7 Å². The summed E-state index contributed by atoms with van der Waals surface area (Å²) in [5, 5.41) is 0. The lowest BCUT2D eigenvalue weighted by molar-refractivity contribution is -0.137. The minimum absolute atomic E-state index is 0. The molecule has 0 spiro atoms. The van der Waals surface area contributed by atoms with E-state index in [1.807, 2.05) is 39.0 Å². The third kappa shape index (κ3) is 5.17. The van der Waals surface area contributed by atoms with Crippen LogP contribution in [0.1, 0.15) is 44.2 Å². The zero-order chi connectivity index (χ0) is 19.5. The second-order valence-corrected chi connectivity index (χ2v) is 6.84. The molecule has 0 bridgehead atoms. The van der Waals surface area contributed by atoms with E-state index >= 15 is 0 Å². The molecule has 27 heavy (non-hydrogen) atoms. The van der Waals surface area contributed by atoms with Gasteiger partial charge in [0.25, 0.3) is 0 Å². The minimum atomic E-state index is -4.40. The Morgan fingerprint density at radius 2 is 1.67 bits per heavy atom. The van der Waals surface area contributed by atoms with Gasteiger partial charge in [-0.1, -0.05) is 45.0 Å². The Morgan fingerprint density at radius 1 is 1.04 bits per heavy atom. The number of halogens is 4. The molecule has 2 rings (SSSR count). The minimum Gasteiger partial charge on any atom is -0.496 e. The first-order chi connectivity index (χ1) is 12.2. The number of hydrogen-bond acceptors (Lipinski definition) is 2. The monoisotopic (exact) mass is 401 g/mol. The molecule has 2 atom stereocenters. The van der Waals surface area contributed by atoms with E-state index in [2.05, 4.69) is 0 Å². The van der Waals surface area contributed by atoms with Gasteiger partial charge in [0.2, 0.25) is 0 Å². The molecule has 150 valence electrons. The summed E-state index contributed by atoms with van der Waals surface area (Å²) in [4.78, 5) is 0. The maximum atomic E-state index is 13.3. The van der Waals surface area contributed by atoms with E-state index in [0.29, 0.717) is 17.7 Å². The van der Waals surface area contributed by atoms with Gasteiger partial charge in [0.1, 0.15) is 5.75 Å². The van der Waals surface area contributed by atoms with Crippen molar-refractivity contribution in [2.45, 2.75) is 45.3 Å². The van der Waals surface area contributed by atoms with Crippen molar-refractivity contribution < 1.29 is 17.9 Å². The topological polar surface area (TPSA) is 35.2 Å². The number of para-hydroxylation sites is 1. The van der Waals surface area contributed by atoms with Crippen LogP contribution in [-0.2, 0) is 6.18 Å². The predicted molar refractivity (Wildman–Crippen MR) is 107 cm³/mol. The van der Waals surface area contributed by atoms with Crippen LogP contribution >= 0.6 is 12.4 Å². The molecular weight excluding hydrogens is 375 g/mol. The van der Waals surface area contributed by atoms with Crippen molar-refractivity contribution in [2.75, 3.05) is 7.11 Å². The summed E-state index contributed by atoms with van der Waals surface area (Å²) in [6.07, 6.45) is -3.71. The fourth-order valence-corrected chi connectivity index (χ4v) is 3.47. The smallest absolute Gasteiger partial charge is 0.416 e. The van der Waals surface area contributed by atoms with Gasteiger partial charge in [-0.2, -0.15) is 13.2 Å². The summed E-state index contributed by atoms with van der Waals surface area (Å²) in [5.41, 5.74) is 7.79. The van der Waals surface area contributed by atoms with Crippen LogP contribution in [0, 0.1) is 5.92 Å². The number of hydrogen-bond donors (Lipinski definition) is 1. The van der Waals surface area contributed by atoms with Crippen LogP contribution in [-0.4, -0.2) is 13.2 Å². The molecule has 2 unspecified atom stereocenters. The van der Waals surface area contributed by atoms with Gasteiger partial charge in [-0.25, -0.2) is 0 Å². The van der Waals surface area contributed by atoms with Crippen LogP contribution in [0.3, 0.4) is 0 Å². The quantitative estimate of drug-likeness (QED) is 0.618. The Labute approximate surface area is 165 Å². The molecule has 0 heterocycles. The van der Waals surface area contributed by atoms with Crippen LogP contribution in [0.2, 0.25) is 0 Å². The molecule has 2 N–H and O–H groups in total. The maximum Gasteiger partial charge on any atom is 0.416 e. The summed E-state index contributed by atoms with van der Waals surface area (Å²) >= 11 is 0. The highest BCUT2D eigenvalue weighted by atomic mass is 35.5. The van der Waals surface area contributed by atoms with Gasteiger partial charge in [0.05, 0.1) is 12.7 Å². The van der Waals surface area contributed by atoms with Gasteiger partial charge < -0.3 is 10.5 Å². The van der Waals surface area contributed by atoms with Crippen LogP contribution in [0.15, 0.2) is 42.5 Å². The van der Waals surface area contributed by atoms with E-state index in [0.717, 1.165) is 17.2 Å². The van der Waals surface area contributed by atoms with Gasteiger partial charge in [-0.15, -0.1) is 12.4 Å². The van der Waals surface area contributed by atoms with Crippen molar-refractivity contribution in [3.05, 3.63) is 53.6 Å². The number of benzene rings is 2. The molecule has 0 aliphatic heterocycles. The van der Waals surface area contributed by atoms with Crippen LogP contribution < -0.4 is 10.5 Å². The van der Waals surface area contributed by atoms with Gasteiger partial charge in [0.15, 0.2) is 0 Å². The summed E-state index contributed by atoms with van der Waals surface area (Å²) in [6.45, 7) is 5.94. The molecule has 0 radical (unpaired) electrons. The third-order valence-corrected chi connectivity index (χ3v) is 4.79. The normalized spacial score (nSPS) is 13.8. The van der Waals surface area contributed by atoms with E-state index in [1.165, 1.54) is 12.1 Å². The first-order valence-electron chi connectivity index (χ1n) is 8.80. The Morgan fingerprint density at radius 3 is 2.19 bits per heavy atom. The molecule has 2 aromatic carbocycles. The zero-order valence-electron chi connectivity index (χ0n) is 16.0. The average molecular weight is 402 g/mol. The second kappa shape index (κ2) is 9.47. The van der Waals surface area contributed by atoms with E-state index in [1.54, 1.807) is 13.2 Å². The van der Waals surface area contributed by atoms with E-state index in [-0.39, 0.29) is 30.3 Å². The molecule has 0 saturated carbocycles. The highest BCUT2D eigenvalue weighted by molar-refractivity contribution is 5.85. The highest BCUT2D eigenvalue weighted by Crippen LogP contribution is 2.42. The van der Waals surface area contributed by atoms with Crippen molar-refractivity contribution in [3.8, 4) is 16.9 Å². The van der Waals surface area contributed by atoms with Crippen LogP contribution in [0.5, 0.6) is 5.75 Å². The van der Waals surface area contributed by atoms with Crippen molar-refractivity contribution in [2.24, 2.45) is 11.7 Å². The van der Waals surface area contributed by atoms with Gasteiger partial charge in [0, 0.05) is 17.5 Å². The second-order valence-electron chi connectivity index (χ2n) is 6.84. The van der Waals surface area contributed by atoms with Crippen molar-refractivity contribution in [1.29, 1.82) is 0 Å². The Balaban J connectivity index is 0.00000364. The number of rotatable bonds is 6. The first-order valence-corrected chi connectivity index (χ1v) is 8.80. The van der Waals surface area contributed by atoms with E-state index < -0.39 is 11.7 Å². The zero-order valence-corrected chi connectivity index (χ0v) is 16.8. The Bertz CT molecular complexity index is 746. The number of alkyl halides is 3. The molecular formula is C21H27ClF3NO. The number of ether oxygens (including phenoxy) is 1. The largest absolute Gasteiger partial charge is 0.496 e. The Hall–Kier alpha value is -1.72. The highest BCUT2D eigenvalue weighted by Gasteiger charge is 2.33. The van der Waals surface area contributed by atoms with E-state index in [4.69, 9.17) is 10.5 Å². The van der Waals surface area contributed by atoms with Crippen LogP contribution in [0.25, 0.3) is 11.1 Å². The van der Waals surface area contributed by atoms with Gasteiger partial charge >= 0.3 is 6.18 Å².